The van der Waals surface area contributed by atoms with E-state index in [1.54, 1.807) is 26.9 Å². The highest BCUT2D eigenvalue weighted by molar-refractivity contribution is 8.45. The SMILES string of the molecule is BC1CC(OS(=O)(=O)Oc2ccc(C)cc2)C(COP(=O)(S)OP(=O)(O)OP(=O)(O)O)O1. The van der Waals surface area contributed by atoms with E-state index in [0.29, 0.717) is 0 Å². The molecule has 5 unspecified atom stereocenters. The Morgan fingerprint density at radius 1 is 1.16 bits per heavy atom. The molecule has 182 valence electrons. The summed E-state index contributed by atoms with van der Waals surface area (Å²) >= 11 is 3.42. The molecule has 1 aromatic carbocycles. The van der Waals surface area contributed by atoms with Crippen LogP contribution in [0.2, 0.25) is 0 Å². The van der Waals surface area contributed by atoms with Gasteiger partial charge in [0, 0.05) is 6.00 Å². The van der Waals surface area contributed by atoms with Gasteiger partial charge in [0.15, 0.2) is 0 Å². The van der Waals surface area contributed by atoms with Crippen LogP contribution in [0.25, 0.3) is 0 Å². The molecule has 3 N–H and O–H groups in total. The molecule has 20 heteroatoms. The third-order valence-corrected chi connectivity index (χ3v) is 9.35. The van der Waals surface area contributed by atoms with Gasteiger partial charge in [0.25, 0.3) is 0 Å². The molecule has 1 saturated heterocycles. The number of ether oxygens (including phenoxy) is 1. The predicted molar refractivity (Wildman–Crippen MR) is 114 cm³/mol. The smallest absolute Gasteiger partial charge is 0.379 e. The molecule has 0 radical (unpaired) electrons. The van der Waals surface area contributed by atoms with E-state index in [0.717, 1.165) is 5.56 Å². The molecule has 0 spiro atoms. The summed E-state index contributed by atoms with van der Waals surface area (Å²) in [5.74, 6) is 0.00683. The van der Waals surface area contributed by atoms with Gasteiger partial charge in [-0.3, -0.25) is 4.52 Å². The predicted octanol–water partition coefficient (Wildman–Crippen LogP) is 1.03. The number of aryl methyl sites for hydroxylation is 1. The van der Waals surface area contributed by atoms with Gasteiger partial charge in [-0.1, -0.05) is 29.9 Å². The summed E-state index contributed by atoms with van der Waals surface area (Å²) < 4.78 is 86.4. The molecule has 5 atom stereocenters. The number of phosphoric acid groups is 2. The monoisotopic (exact) mass is 556 g/mol. The lowest BCUT2D eigenvalue weighted by Gasteiger charge is -2.21. The van der Waals surface area contributed by atoms with Crippen LogP contribution in [-0.2, 0) is 46.2 Å². The van der Waals surface area contributed by atoms with Crippen LogP contribution in [-0.4, -0.2) is 55.8 Å². The van der Waals surface area contributed by atoms with Crippen LogP contribution < -0.4 is 4.18 Å². The molecule has 0 aliphatic carbocycles. The molecular formula is C12H20BO14P3S2. The van der Waals surface area contributed by atoms with Gasteiger partial charge in [-0.2, -0.15) is 17.0 Å². The highest BCUT2D eigenvalue weighted by Gasteiger charge is 2.42. The second kappa shape index (κ2) is 10.6. The third-order valence-electron chi connectivity index (χ3n) is 3.66. The van der Waals surface area contributed by atoms with Crippen LogP contribution in [0.1, 0.15) is 12.0 Å². The second-order valence-electron chi connectivity index (χ2n) is 6.55. The standard InChI is InChI=1S/C12H20BO14P3S2/c1-8-2-4-9(5-3-8)24-32(20,21)25-10-6-12(13)23-11(10)7-22-30(19,31)27-29(17,18)26-28(14,15)16/h2-5,10-12H,6-7,13H2,1H3,(H,17,18)(H,19,31)(H2,14,15,16). The normalized spacial score (nSPS) is 25.7. The fourth-order valence-corrected chi connectivity index (χ4v) is 7.47. The number of benzene rings is 1. The summed E-state index contributed by atoms with van der Waals surface area (Å²) in [4.78, 5) is 26.4. The first kappa shape index (κ1) is 28.0. The average Bonchev–Trinajstić information content (AvgIpc) is 2.90. The minimum atomic E-state index is -5.52. The minimum absolute atomic E-state index is 0.00683. The number of hydrogen-bond donors (Lipinski definition) is 4. The van der Waals surface area contributed by atoms with Gasteiger partial charge < -0.3 is 23.6 Å². The minimum Gasteiger partial charge on any atom is -0.379 e. The maximum Gasteiger partial charge on any atom is 0.488 e. The Balaban J connectivity index is 1.99. The van der Waals surface area contributed by atoms with Crippen LogP contribution in [0.3, 0.4) is 0 Å². The van der Waals surface area contributed by atoms with E-state index in [-0.39, 0.29) is 12.2 Å². The van der Waals surface area contributed by atoms with E-state index in [4.69, 9.17) is 27.4 Å². The Hall–Kier alpha value is -0.245. The van der Waals surface area contributed by atoms with E-state index < -0.39 is 57.7 Å². The van der Waals surface area contributed by atoms with Crippen molar-refractivity contribution in [3.05, 3.63) is 29.8 Å². The van der Waals surface area contributed by atoms with E-state index in [1.165, 1.54) is 12.1 Å². The van der Waals surface area contributed by atoms with Crippen molar-refractivity contribution in [1.29, 1.82) is 0 Å². The lowest BCUT2D eigenvalue weighted by Crippen LogP contribution is -2.32. The summed E-state index contributed by atoms with van der Waals surface area (Å²) in [5.41, 5.74) is 0.878. The van der Waals surface area contributed by atoms with Crippen LogP contribution in [0.5, 0.6) is 5.75 Å². The van der Waals surface area contributed by atoms with Gasteiger partial charge in [-0.15, -0.1) is 0 Å². The van der Waals surface area contributed by atoms with Crippen molar-refractivity contribution in [3.63, 3.8) is 0 Å². The van der Waals surface area contributed by atoms with Crippen LogP contribution >= 0.6 is 34.7 Å². The quantitative estimate of drug-likeness (QED) is 0.171. The van der Waals surface area contributed by atoms with Gasteiger partial charge in [0.05, 0.1) is 6.61 Å². The van der Waals surface area contributed by atoms with Crippen LogP contribution in [0.4, 0.5) is 0 Å². The molecule has 1 aliphatic heterocycles. The molecular weight excluding hydrogens is 536 g/mol. The summed E-state index contributed by atoms with van der Waals surface area (Å²) in [6, 6.07) is 5.59. The van der Waals surface area contributed by atoms with Gasteiger partial charge in [-0.05, 0) is 25.5 Å². The fraction of sp³-hybridized carbons (Fsp3) is 0.500. The maximum absolute atomic E-state index is 12.2. The molecule has 0 saturated carbocycles. The summed E-state index contributed by atoms with van der Waals surface area (Å²) in [6.45, 7) is -3.60. The molecule has 0 bridgehead atoms. The van der Waals surface area contributed by atoms with Crippen molar-refractivity contribution in [1.82, 2.24) is 0 Å². The van der Waals surface area contributed by atoms with E-state index in [9.17, 15) is 27.0 Å². The topological polar surface area (TPSA) is 201 Å². The Morgan fingerprint density at radius 2 is 1.75 bits per heavy atom. The van der Waals surface area contributed by atoms with E-state index >= 15 is 0 Å². The molecule has 0 amide bonds. The Labute approximate surface area is 189 Å². The first-order valence-corrected chi connectivity index (χ1v) is 15.6. The molecule has 1 aromatic rings. The highest BCUT2D eigenvalue weighted by atomic mass is 32.7. The zero-order valence-corrected chi connectivity index (χ0v) is 20.9. The number of hydrogen-bond acceptors (Lipinski definition) is 11. The first-order chi connectivity index (χ1) is 14.5. The Morgan fingerprint density at radius 3 is 2.31 bits per heavy atom. The van der Waals surface area contributed by atoms with Crippen molar-refractivity contribution < 1.29 is 63.0 Å². The number of thiol groups is 1. The van der Waals surface area contributed by atoms with Gasteiger partial charge in [0.1, 0.15) is 25.8 Å². The average molecular weight is 556 g/mol. The Kier molecular flexibility index (Phi) is 9.25. The van der Waals surface area contributed by atoms with E-state index in [1.807, 2.05) is 0 Å². The lowest BCUT2D eigenvalue weighted by molar-refractivity contribution is 0.00871. The van der Waals surface area contributed by atoms with Crippen LogP contribution in [0, 0.1) is 6.92 Å². The highest BCUT2D eigenvalue weighted by Crippen LogP contribution is 2.69. The fourth-order valence-electron chi connectivity index (χ4n) is 2.52. The molecule has 1 heterocycles. The van der Waals surface area contributed by atoms with E-state index in [2.05, 4.69) is 20.9 Å². The molecule has 1 aliphatic rings. The number of rotatable bonds is 11. The first-order valence-electron chi connectivity index (χ1n) is 8.58. The summed E-state index contributed by atoms with van der Waals surface area (Å²) in [7, 11) is -13.9. The van der Waals surface area contributed by atoms with Crippen molar-refractivity contribution in [2.75, 3.05) is 6.61 Å². The lowest BCUT2D eigenvalue weighted by atomic mass is 9.96. The van der Waals surface area contributed by atoms with Gasteiger partial charge >= 0.3 is 32.8 Å². The zero-order valence-electron chi connectivity index (χ0n) is 16.5. The van der Waals surface area contributed by atoms with Crippen molar-refractivity contribution in [3.8, 4) is 5.75 Å². The van der Waals surface area contributed by atoms with Gasteiger partial charge in [-0.25, -0.2) is 17.9 Å². The summed E-state index contributed by atoms with van der Waals surface area (Å²) in [5, 5.41) is 0. The summed E-state index contributed by atoms with van der Waals surface area (Å²) in [6.07, 6.45) is -2.23. The molecule has 32 heavy (non-hydrogen) atoms. The zero-order chi connectivity index (χ0) is 24.4. The second-order valence-corrected chi connectivity index (χ2v) is 13.6. The van der Waals surface area contributed by atoms with Crippen molar-refractivity contribution >= 4 is 52.9 Å². The molecule has 2 rings (SSSR count). The molecule has 14 nitrogen and oxygen atoms in total. The third kappa shape index (κ3) is 9.94. The maximum atomic E-state index is 12.2. The molecule has 0 aromatic heterocycles. The largest absolute Gasteiger partial charge is 0.488 e. The van der Waals surface area contributed by atoms with Gasteiger partial charge in [0.2, 0.25) is 0 Å². The Bertz CT molecular complexity index is 1040. The van der Waals surface area contributed by atoms with Crippen molar-refractivity contribution in [2.45, 2.75) is 31.6 Å². The van der Waals surface area contributed by atoms with Crippen LogP contribution in [0.15, 0.2) is 24.3 Å². The van der Waals surface area contributed by atoms with Crippen molar-refractivity contribution in [2.24, 2.45) is 0 Å². The molecule has 1 fully saturated rings.